The predicted molar refractivity (Wildman–Crippen MR) is 251 cm³/mol. The molecule has 340 valence electrons. The molecule has 1 atom stereocenters. The van der Waals surface area contributed by atoms with E-state index < -0.39 is 6.10 Å². The highest BCUT2D eigenvalue weighted by Gasteiger charge is 2.19. The normalized spacial score (nSPS) is 12.5. The van der Waals surface area contributed by atoms with Crippen molar-refractivity contribution in [1.29, 1.82) is 0 Å². The van der Waals surface area contributed by atoms with E-state index in [1.807, 2.05) is 0 Å². The molecule has 0 fully saturated rings. The molecule has 6 nitrogen and oxygen atoms in total. The van der Waals surface area contributed by atoms with Gasteiger partial charge in [-0.05, 0) is 77.0 Å². The number of hydrogen-bond acceptors (Lipinski definition) is 6. The Morgan fingerprint density at radius 2 is 0.678 bits per heavy atom. The number of carbonyl (C=O) groups is 3. The lowest BCUT2D eigenvalue weighted by atomic mass is 10.0. The first-order valence-corrected chi connectivity index (χ1v) is 24.8. The molecule has 0 aromatic carbocycles. The third-order valence-electron chi connectivity index (χ3n) is 10.5. The molecule has 0 spiro atoms. The van der Waals surface area contributed by atoms with Gasteiger partial charge in [-0.15, -0.1) is 0 Å². The first-order chi connectivity index (χ1) is 29.0. The Morgan fingerprint density at radius 1 is 0.356 bits per heavy atom. The Morgan fingerprint density at radius 3 is 1.14 bits per heavy atom. The van der Waals surface area contributed by atoms with Crippen LogP contribution in [0.2, 0.25) is 0 Å². The van der Waals surface area contributed by atoms with Crippen LogP contribution in [-0.2, 0) is 28.6 Å². The van der Waals surface area contributed by atoms with E-state index in [0.717, 1.165) is 83.5 Å². The number of esters is 3. The number of unbranched alkanes of at least 4 members (excludes halogenated alkanes) is 23. The van der Waals surface area contributed by atoms with Crippen LogP contribution in [0.3, 0.4) is 0 Å². The molecular weight excluding hydrogens is 733 g/mol. The molecule has 0 aliphatic carbocycles. The second-order valence-corrected chi connectivity index (χ2v) is 16.3. The summed E-state index contributed by atoms with van der Waals surface area (Å²) in [5.41, 5.74) is 0. The molecule has 0 amide bonds. The largest absolute Gasteiger partial charge is 0.462 e. The Labute approximate surface area is 364 Å². The maximum Gasteiger partial charge on any atom is 0.306 e. The second kappa shape index (κ2) is 47.8. The molecular formula is C53H92O6. The van der Waals surface area contributed by atoms with Gasteiger partial charge in [-0.1, -0.05) is 204 Å². The van der Waals surface area contributed by atoms with Gasteiger partial charge in [0.2, 0.25) is 0 Å². The van der Waals surface area contributed by atoms with Crippen LogP contribution < -0.4 is 0 Å². The van der Waals surface area contributed by atoms with Crippen molar-refractivity contribution in [3.8, 4) is 0 Å². The summed E-state index contributed by atoms with van der Waals surface area (Å²) in [7, 11) is 0. The molecule has 59 heavy (non-hydrogen) atoms. The van der Waals surface area contributed by atoms with Gasteiger partial charge in [0.15, 0.2) is 6.10 Å². The molecule has 0 aliphatic heterocycles. The summed E-state index contributed by atoms with van der Waals surface area (Å²) in [6.07, 6.45) is 57.8. The number of rotatable bonds is 44. The van der Waals surface area contributed by atoms with Gasteiger partial charge in [0.1, 0.15) is 13.2 Å². The van der Waals surface area contributed by atoms with Gasteiger partial charge in [-0.25, -0.2) is 0 Å². The fourth-order valence-corrected chi connectivity index (χ4v) is 6.77. The standard InChI is InChI=1S/C53H92O6/c1-4-7-10-13-16-19-22-24-26-28-31-34-37-40-43-46-52(55)58-49-50(48-57-51(54)45-42-39-36-33-30-21-18-15-12-9-6-3)59-53(56)47-44-41-38-35-32-29-27-25-23-20-17-14-11-8-5-2/h8,11,15,17-18,20,25,27,32,35,50H,4-7,9-10,12-14,16,19,21-24,26,28-31,33-34,36-49H2,1-3H3/b11-8-,18-15-,20-17-,27-25-,35-32-/t50-/m1/s1. The Balaban J connectivity index is 4.43. The number of carbonyl (C=O) groups excluding carboxylic acids is 3. The quantitative estimate of drug-likeness (QED) is 0.0263. The Kier molecular flexibility index (Phi) is 45.4. The third-order valence-corrected chi connectivity index (χ3v) is 10.5. The topological polar surface area (TPSA) is 78.9 Å². The SMILES string of the molecule is CC/C=C\C/C=C\C/C=C\C/C=C\CCCCC(=O)O[C@H](COC(=O)CCCCCCC/C=C\CCCC)COC(=O)CCCCCCCCCCCCCCCCC. The molecule has 0 aliphatic rings. The maximum atomic E-state index is 12.7. The fraction of sp³-hybridized carbons (Fsp3) is 0.755. The minimum atomic E-state index is -0.795. The average molecular weight is 825 g/mol. The van der Waals surface area contributed by atoms with Crippen molar-refractivity contribution in [3.63, 3.8) is 0 Å². The highest BCUT2D eigenvalue weighted by Crippen LogP contribution is 2.15. The zero-order valence-electron chi connectivity index (χ0n) is 38.8. The molecule has 6 heteroatoms. The monoisotopic (exact) mass is 825 g/mol. The van der Waals surface area contributed by atoms with Gasteiger partial charge in [0.05, 0.1) is 0 Å². The molecule has 0 saturated heterocycles. The molecule has 0 radical (unpaired) electrons. The van der Waals surface area contributed by atoms with Gasteiger partial charge in [-0.3, -0.25) is 14.4 Å². The summed E-state index contributed by atoms with van der Waals surface area (Å²) in [6, 6.07) is 0. The molecule has 0 heterocycles. The lowest BCUT2D eigenvalue weighted by Crippen LogP contribution is -2.30. The Hall–Kier alpha value is -2.89. The Bertz CT molecular complexity index is 1090. The predicted octanol–water partition coefficient (Wildman–Crippen LogP) is 16.1. The molecule has 0 aromatic rings. The highest BCUT2D eigenvalue weighted by atomic mass is 16.6. The van der Waals surface area contributed by atoms with Crippen LogP contribution in [0.5, 0.6) is 0 Å². The van der Waals surface area contributed by atoms with Crippen LogP contribution in [-0.4, -0.2) is 37.2 Å². The van der Waals surface area contributed by atoms with Crippen LogP contribution in [0.4, 0.5) is 0 Å². The summed E-state index contributed by atoms with van der Waals surface area (Å²) in [5.74, 6) is -0.941. The van der Waals surface area contributed by atoms with Gasteiger partial charge in [-0.2, -0.15) is 0 Å². The van der Waals surface area contributed by atoms with Gasteiger partial charge >= 0.3 is 17.9 Å². The zero-order valence-corrected chi connectivity index (χ0v) is 38.8. The van der Waals surface area contributed by atoms with Crippen molar-refractivity contribution in [1.82, 2.24) is 0 Å². The van der Waals surface area contributed by atoms with Crippen LogP contribution in [0, 0.1) is 0 Å². The first-order valence-electron chi connectivity index (χ1n) is 24.8. The summed E-state index contributed by atoms with van der Waals surface area (Å²) >= 11 is 0. The number of ether oxygens (including phenoxy) is 3. The lowest BCUT2D eigenvalue weighted by Gasteiger charge is -2.18. The van der Waals surface area contributed by atoms with E-state index in [1.54, 1.807) is 0 Å². The van der Waals surface area contributed by atoms with Crippen LogP contribution in [0.15, 0.2) is 60.8 Å². The molecule has 0 saturated carbocycles. The summed E-state index contributed by atoms with van der Waals surface area (Å²) in [6.45, 7) is 6.45. The van der Waals surface area contributed by atoms with Gasteiger partial charge in [0.25, 0.3) is 0 Å². The van der Waals surface area contributed by atoms with Crippen molar-refractivity contribution in [3.05, 3.63) is 60.8 Å². The van der Waals surface area contributed by atoms with Gasteiger partial charge < -0.3 is 14.2 Å². The second-order valence-electron chi connectivity index (χ2n) is 16.3. The molecule has 0 rings (SSSR count). The van der Waals surface area contributed by atoms with E-state index in [4.69, 9.17) is 14.2 Å². The van der Waals surface area contributed by atoms with Gasteiger partial charge in [0, 0.05) is 19.3 Å². The molecule has 0 aromatic heterocycles. The summed E-state index contributed by atoms with van der Waals surface area (Å²) in [4.78, 5) is 37.9. The molecule has 0 N–H and O–H groups in total. The maximum absolute atomic E-state index is 12.7. The summed E-state index contributed by atoms with van der Waals surface area (Å²) in [5, 5.41) is 0. The van der Waals surface area contributed by atoms with E-state index in [1.165, 1.54) is 109 Å². The molecule has 0 bridgehead atoms. The minimum absolute atomic E-state index is 0.0918. The van der Waals surface area contributed by atoms with Crippen LogP contribution >= 0.6 is 0 Å². The van der Waals surface area contributed by atoms with Crippen molar-refractivity contribution < 1.29 is 28.6 Å². The first kappa shape index (κ1) is 56.1. The average Bonchev–Trinajstić information content (AvgIpc) is 3.23. The third kappa shape index (κ3) is 46.0. The smallest absolute Gasteiger partial charge is 0.306 e. The summed E-state index contributed by atoms with van der Waals surface area (Å²) < 4.78 is 16.7. The number of allylic oxidation sites excluding steroid dienone is 10. The van der Waals surface area contributed by atoms with E-state index >= 15 is 0 Å². The minimum Gasteiger partial charge on any atom is -0.462 e. The fourth-order valence-electron chi connectivity index (χ4n) is 6.77. The highest BCUT2D eigenvalue weighted by molar-refractivity contribution is 5.71. The van der Waals surface area contributed by atoms with E-state index in [2.05, 4.69) is 81.5 Å². The van der Waals surface area contributed by atoms with Crippen molar-refractivity contribution in [2.45, 2.75) is 245 Å². The van der Waals surface area contributed by atoms with Crippen molar-refractivity contribution in [2.75, 3.05) is 13.2 Å². The van der Waals surface area contributed by atoms with E-state index in [9.17, 15) is 14.4 Å². The lowest BCUT2D eigenvalue weighted by molar-refractivity contribution is -0.167. The van der Waals surface area contributed by atoms with Crippen molar-refractivity contribution in [2.24, 2.45) is 0 Å². The van der Waals surface area contributed by atoms with E-state index in [-0.39, 0.29) is 37.5 Å². The molecule has 0 unspecified atom stereocenters. The van der Waals surface area contributed by atoms with Crippen molar-refractivity contribution >= 4 is 17.9 Å². The van der Waals surface area contributed by atoms with Crippen LogP contribution in [0.1, 0.15) is 239 Å². The van der Waals surface area contributed by atoms with E-state index in [0.29, 0.717) is 19.3 Å². The number of hydrogen-bond donors (Lipinski definition) is 0. The zero-order chi connectivity index (χ0) is 43.0. The van der Waals surface area contributed by atoms with Crippen LogP contribution in [0.25, 0.3) is 0 Å².